The zero-order chi connectivity index (χ0) is 11.6. The lowest BCUT2D eigenvalue weighted by molar-refractivity contribution is -0.137. The van der Waals surface area contributed by atoms with E-state index in [0.717, 1.165) is 0 Å². The van der Waals surface area contributed by atoms with Crippen molar-refractivity contribution in [1.82, 2.24) is 0 Å². The van der Waals surface area contributed by atoms with E-state index in [2.05, 4.69) is 19.1 Å². The van der Waals surface area contributed by atoms with Crippen molar-refractivity contribution in [2.45, 2.75) is 40.0 Å². The second-order valence-electron chi connectivity index (χ2n) is 4.31. The molecule has 0 heterocycles. The lowest BCUT2D eigenvalue weighted by Crippen LogP contribution is -2.06. The minimum atomic E-state index is -0.734. The Morgan fingerprint density at radius 2 is 1.73 bits per heavy atom. The molecule has 0 aliphatic heterocycles. The third kappa shape index (κ3) is 2.82. The van der Waals surface area contributed by atoms with Crippen LogP contribution in [0.1, 0.15) is 41.5 Å². The van der Waals surface area contributed by atoms with E-state index in [-0.39, 0.29) is 12.3 Å². The quantitative estimate of drug-likeness (QED) is 0.824. The van der Waals surface area contributed by atoms with E-state index in [1.807, 2.05) is 20.8 Å². The number of carbonyl (C=O) groups is 1. The molecular weight excluding hydrogens is 188 g/mol. The Balaban J connectivity index is 3.08. The van der Waals surface area contributed by atoms with Crippen LogP contribution >= 0.6 is 0 Å². The van der Waals surface area contributed by atoms with Gasteiger partial charge in [0.05, 0.1) is 6.42 Å². The van der Waals surface area contributed by atoms with Crippen molar-refractivity contribution in [2.24, 2.45) is 0 Å². The van der Waals surface area contributed by atoms with Crippen LogP contribution in [0.15, 0.2) is 12.1 Å². The normalized spacial score (nSPS) is 12.5. The Bertz CT molecular complexity index is 357. The largest absolute Gasteiger partial charge is 0.481 e. The molecule has 1 N–H and O–H groups in total. The molecule has 0 saturated carbocycles. The first-order chi connectivity index (χ1) is 6.91. The molecule has 2 nitrogen and oxygen atoms in total. The SMILES string of the molecule is Cc1cc(C)c([C@H](C)CC(=O)O)c(C)c1. The monoisotopic (exact) mass is 206 g/mol. The van der Waals surface area contributed by atoms with Gasteiger partial charge in [0.15, 0.2) is 0 Å². The van der Waals surface area contributed by atoms with Crippen LogP contribution in [0, 0.1) is 20.8 Å². The van der Waals surface area contributed by atoms with Gasteiger partial charge in [-0.05, 0) is 43.4 Å². The molecule has 0 unspecified atom stereocenters. The molecule has 1 atom stereocenters. The van der Waals surface area contributed by atoms with E-state index in [9.17, 15) is 4.79 Å². The average molecular weight is 206 g/mol. The third-order valence-electron chi connectivity index (χ3n) is 2.71. The first kappa shape index (κ1) is 11.8. The van der Waals surface area contributed by atoms with Gasteiger partial charge in [-0.2, -0.15) is 0 Å². The van der Waals surface area contributed by atoms with Crippen LogP contribution < -0.4 is 0 Å². The fraction of sp³-hybridized carbons (Fsp3) is 0.462. The number of carboxylic acid groups (broad SMARTS) is 1. The highest BCUT2D eigenvalue weighted by molar-refractivity contribution is 5.68. The van der Waals surface area contributed by atoms with E-state index in [1.165, 1.54) is 22.3 Å². The Morgan fingerprint density at radius 3 is 2.13 bits per heavy atom. The number of rotatable bonds is 3. The molecule has 0 amide bonds. The van der Waals surface area contributed by atoms with Crippen molar-refractivity contribution in [2.75, 3.05) is 0 Å². The standard InChI is InChI=1S/C13H18O2/c1-8-5-9(2)13(10(3)6-8)11(4)7-12(14)15/h5-6,11H,7H2,1-4H3,(H,14,15)/t11-/m1/s1. The second-order valence-corrected chi connectivity index (χ2v) is 4.31. The molecule has 1 rings (SSSR count). The van der Waals surface area contributed by atoms with Gasteiger partial charge in [0.1, 0.15) is 0 Å². The summed E-state index contributed by atoms with van der Waals surface area (Å²) in [6, 6.07) is 4.22. The Morgan fingerprint density at radius 1 is 1.27 bits per heavy atom. The van der Waals surface area contributed by atoms with Crippen LogP contribution in [0.25, 0.3) is 0 Å². The summed E-state index contributed by atoms with van der Waals surface area (Å²) >= 11 is 0. The molecule has 1 aromatic carbocycles. The lowest BCUT2D eigenvalue weighted by Gasteiger charge is -2.16. The molecule has 0 aliphatic rings. The summed E-state index contributed by atoms with van der Waals surface area (Å²) in [4.78, 5) is 10.7. The molecule has 15 heavy (non-hydrogen) atoms. The Labute approximate surface area is 90.9 Å². The van der Waals surface area contributed by atoms with Crippen molar-refractivity contribution >= 4 is 5.97 Å². The number of aliphatic carboxylic acids is 1. The van der Waals surface area contributed by atoms with Crippen LogP contribution in [0.4, 0.5) is 0 Å². The molecule has 2 heteroatoms. The molecule has 0 aromatic heterocycles. The Kier molecular flexibility index (Phi) is 3.51. The van der Waals surface area contributed by atoms with Crippen LogP contribution in [0.5, 0.6) is 0 Å². The summed E-state index contributed by atoms with van der Waals surface area (Å²) in [5, 5.41) is 8.78. The molecule has 1 aromatic rings. The van der Waals surface area contributed by atoms with Crippen molar-refractivity contribution in [3.63, 3.8) is 0 Å². The van der Waals surface area contributed by atoms with E-state index in [1.54, 1.807) is 0 Å². The Hall–Kier alpha value is -1.31. The van der Waals surface area contributed by atoms with Crippen LogP contribution in [-0.4, -0.2) is 11.1 Å². The average Bonchev–Trinajstić information content (AvgIpc) is 1.99. The van der Waals surface area contributed by atoms with Crippen LogP contribution in [-0.2, 0) is 4.79 Å². The molecule has 82 valence electrons. The van der Waals surface area contributed by atoms with E-state index >= 15 is 0 Å². The molecule has 0 spiro atoms. The van der Waals surface area contributed by atoms with Crippen LogP contribution in [0.3, 0.4) is 0 Å². The smallest absolute Gasteiger partial charge is 0.303 e. The van der Waals surface area contributed by atoms with Gasteiger partial charge in [-0.3, -0.25) is 4.79 Å². The predicted octanol–water partition coefficient (Wildman–Crippen LogP) is 3.19. The number of carboxylic acids is 1. The fourth-order valence-electron chi connectivity index (χ4n) is 2.33. The predicted molar refractivity (Wildman–Crippen MR) is 61.3 cm³/mol. The number of hydrogen-bond acceptors (Lipinski definition) is 1. The topological polar surface area (TPSA) is 37.3 Å². The number of aryl methyl sites for hydroxylation is 3. The van der Waals surface area contributed by atoms with Crippen LogP contribution in [0.2, 0.25) is 0 Å². The van der Waals surface area contributed by atoms with Crippen molar-refractivity contribution in [3.8, 4) is 0 Å². The summed E-state index contributed by atoms with van der Waals surface area (Å²) in [7, 11) is 0. The van der Waals surface area contributed by atoms with E-state index in [0.29, 0.717) is 0 Å². The van der Waals surface area contributed by atoms with Gasteiger partial charge < -0.3 is 5.11 Å². The zero-order valence-corrected chi connectivity index (χ0v) is 9.79. The third-order valence-corrected chi connectivity index (χ3v) is 2.71. The van der Waals surface area contributed by atoms with Gasteiger partial charge in [0.25, 0.3) is 0 Å². The van der Waals surface area contributed by atoms with Gasteiger partial charge in [0, 0.05) is 0 Å². The highest BCUT2D eigenvalue weighted by Crippen LogP contribution is 2.27. The first-order valence-corrected chi connectivity index (χ1v) is 5.21. The van der Waals surface area contributed by atoms with Crippen molar-refractivity contribution in [1.29, 1.82) is 0 Å². The van der Waals surface area contributed by atoms with E-state index < -0.39 is 5.97 Å². The highest BCUT2D eigenvalue weighted by atomic mass is 16.4. The molecule has 0 aliphatic carbocycles. The number of benzene rings is 1. The molecule has 0 saturated heterocycles. The minimum absolute atomic E-state index is 0.0862. The summed E-state index contributed by atoms with van der Waals surface area (Å²) in [5.41, 5.74) is 4.81. The first-order valence-electron chi connectivity index (χ1n) is 5.21. The van der Waals surface area contributed by atoms with Gasteiger partial charge in [-0.1, -0.05) is 24.6 Å². The second kappa shape index (κ2) is 4.47. The van der Waals surface area contributed by atoms with Gasteiger partial charge >= 0.3 is 5.97 Å². The minimum Gasteiger partial charge on any atom is -0.481 e. The molecule has 0 radical (unpaired) electrons. The summed E-state index contributed by atoms with van der Waals surface area (Å²) < 4.78 is 0. The summed E-state index contributed by atoms with van der Waals surface area (Å²) in [6.45, 7) is 8.13. The van der Waals surface area contributed by atoms with Crippen molar-refractivity contribution in [3.05, 3.63) is 34.4 Å². The number of hydrogen-bond donors (Lipinski definition) is 1. The molecule has 0 fully saturated rings. The summed E-state index contributed by atoms with van der Waals surface area (Å²) in [5.74, 6) is -0.648. The molecular formula is C13H18O2. The lowest BCUT2D eigenvalue weighted by atomic mass is 9.89. The van der Waals surface area contributed by atoms with Gasteiger partial charge in [-0.25, -0.2) is 0 Å². The summed E-state index contributed by atoms with van der Waals surface area (Å²) in [6.07, 6.45) is 0.199. The van der Waals surface area contributed by atoms with Gasteiger partial charge in [-0.15, -0.1) is 0 Å². The molecule has 0 bridgehead atoms. The zero-order valence-electron chi connectivity index (χ0n) is 9.79. The van der Waals surface area contributed by atoms with Crippen molar-refractivity contribution < 1.29 is 9.90 Å². The maximum absolute atomic E-state index is 10.7. The van der Waals surface area contributed by atoms with Gasteiger partial charge in [0.2, 0.25) is 0 Å². The highest BCUT2D eigenvalue weighted by Gasteiger charge is 2.14. The van der Waals surface area contributed by atoms with E-state index in [4.69, 9.17) is 5.11 Å². The fourth-order valence-corrected chi connectivity index (χ4v) is 2.33. The maximum atomic E-state index is 10.7. The maximum Gasteiger partial charge on any atom is 0.303 e.